The van der Waals surface area contributed by atoms with E-state index in [9.17, 15) is 30.8 Å². The standard InChI is InChI=1S/C22H17ClF4N2O4S/c1-33-15-5-2-13(3-6-15)12-28-34(31,32)16-7-9-19(24)17(11-16)21(30)29-20-10-14(22(25,26)27)4-8-18(20)23/h2-11,28H,12H2,1H3,(H,29,30). The molecule has 0 saturated heterocycles. The highest BCUT2D eigenvalue weighted by atomic mass is 35.5. The van der Waals surface area contributed by atoms with Crippen molar-refractivity contribution in [2.24, 2.45) is 0 Å². The fourth-order valence-corrected chi connectivity index (χ4v) is 4.05. The quantitative estimate of drug-likeness (QED) is 0.421. The van der Waals surface area contributed by atoms with Crippen molar-refractivity contribution in [1.82, 2.24) is 4.72 Å². The first-order valence-corrected chi connectivity index (χ1v) is 11.4. The van der Waals surface area contributed by atoms with Crippen LogP contribution < -0.4 is 14.8 Å². The van der Waals surface area contributed by atoms with Gasteiger partial charge in [0, 0.05) is 6.54 Å². The van der Waals surface area contributed by atoms with E-state index in [1.54, 1.807) is 24.3 Å². The molecule has 0 aliphatic carbocycles. The summed E-state index contributed by atoms with van der Waals surface area (Å²) >= 11 is 5.85. The first-order valence-electron chi connectivity index (χ1n) is 9.51. The van der Waals surface area contributed by atoms with Crippen LogP contribution in [0.3, 0.4) is 0 Å². The summed E-state index contributed by atoms with van der Waals surface area (Å²) in [5, 5.41) is 1.87. The van der Waals surface area contributed by atoms with E-state index in [0.29, 0.717) is 17.4 Å². The molecule has 1 amide bonds. The van der Waals surface area contributed by atoms with Crippen molar-refractivity contribution in [3.8, 4) is 5.75 Å². The maximum Gasteiger partial charge on any atom is 0.416 e. The highest BCUT2D eigenvalue weighted by Crippen LogP contribution is 2.34. The summed E-state index contributed by atoms with van der Waals surface area (Å²) in [6, 6.07) is 11.3. The number of rotatable bonds is 7. The lowest BCUT2D eigenvalue weighted by Gasteiger charge is -2.13. The van der Waals surface area contributed by atoms with Crippen molar-refractivity contribution in [3.63, 3.8) is 0 Å². The van der Waals surface area contributed by atoms with Crippen molar-refractivity contribution >= 4 is 33.2 Å². The van der Waals surface area contributed by atoms with Gasteiger partial charge in [0.05, 0.1) is 33.8 Å². The molecule has 0 spiro atoms. The number of ether oxygens (including phenoxy) is 1. The van der Waals surface area contributed by atoms with Crippen LogP contribution in [0.2, 0.25) is 5.02 Å². The van der Waals surface area contributed by atoms with Gasteiger partial charge in [0.2, 0.25) is 10.0 Å². The molecular weight excluding hydrogens is 500 g/mol. The van der Waals surface area contributed by atoms with Gasteiger partial charge in [-0.05, 0) is 54.1 Å². The lowest BCUT2D eigenvalue weighted by molar-refractivity contribution is -0.137. The molecule has 6 nitrogen and oxygen atoms in total. The number of methoxy groups -OCH3 is 1. The van der Waals surface area contributed by atoms with Crippen LogP contribution in [-0.4, -0.2) is 21.4 Å². The molecule has 2 N–H and O–H groups in total. The van der Waals surface area contributed by atoms with Gasteiger partial charge in [-0.25, -0.2) is 17.5 Å². The lowest BCUT2D eigenvalue weighted by Crippen LogP contribution is -2.24. The maximum atomic E-state index is 14.3. The van der Waals surface area contributed by atoms with Crippen LogP contribution in [0.1, 0.15) is 21.5 Å². The number of hydrogen-bond donors (Lipinski definition) is 2. The largest absolute Gasteiger partial charge is 0.497 e. The number of halogens is 5. The van der Waals surface area contributed by atoms with Gasteiger partial charge in [-0.3, -0.25) is 4.79 Å². The molecule has 0 atom stereocenters. The topological polar surface area (TPSA) is 84.5 Å². The van der Waals surface area contributed by atoms with Gasteiger partial charge < -0.3 is 10.1 Å². The summed E-state index contributed by atoms with van der Waals surface area (Å²) in [4.78, 5) is 12.1. The Kier molecular flexibility index (Phi) is 7.49. The lowest BCUT2D eigenvalue weighted by atomic mass is 10.1. The molecule has 180 valence electrons. The van der Waals surface area contributed by atoms with E-state index in [4.69, 9.17) is 16.3 Å². The number of benzene rings is 3. The molecule has 12 heteroatoms. The van der Waals surface area contributed by atoms with Crippen LogP contribution in [0.15, 0.2) is 65.6 Å². The van der Waals surface area contributed by atoms with E-state index < -0.39 is 49.6 Å². The molecule has 0 fully saturated rings. The Labute approximate surface area is 197 Å². The van der Waals surface area contributed by atoms with E-state index >= 15 is 0 Å². The summed E-state index contributed by atoms with van der Waals surface area (Å²) in [5.74, 6) is -1.66. The zero-order chi connectivity index (χ0) is 25.1. The highest BCUT2D eigenvalue weighted by Gasteiger charge is 2.31. The van der Waals surface area contributed by atoms with Gasteiger partial charge in [-0.15, -0.1) is 0 Å². The fraction of sp³-hybridized carbons (Fsp3) is 0.136. The van der Waals surface area contributed by atoms with Gasteiger partial charge >= 0.3 is 6.18 Å². The van der Waals surface area contributed by atoms with Crippen molar-refractivity contribution in [1.29, 1.82) is 0 Å². The smallest absolute Gasteiger partial charge is 0.416 e. The maximum absolute atomic E-state index is 14.3. The number of carbonyl (C=O) groups excluding carboxylic acids is 1. The fourth-order valence-electron chi connectivity index (χ4n) is 2.84. The van der Waals surface area contributed by atoms with Crippen LogP contribution in [0.5, 0.6) is 5.75 Å². The predicted octanol–water partition coefficient (Wildman–Crippen LogP) is 5.24. The third-order valence-corrected chi connectivity index (χ3v) is 6.39. The minimum absolute atomic E-state index is 0.0922. The van der Waals surface area contributed by atoms with Gasteiger partial charge in [-0.2, -0.15) is 13.2 Å². The Bertz CT molecular complexity index is 1310. The highest BCUT2D eigenvalue weighted by molar-refractivity contribution is 7.89. The number of hydrogen-bond acceptors (Lipinski definition) is 4. The molecule has 0 radical (unpaired) electrons. The normalized spacial score (nSPS) is 11.8. The summed E-state index contributed by atoms with van der Waals surface area (Å²) in [6.45, 7) is -0.0922. The number of carbonyl (C=O) groups is 1. The number of nitrogens with one attached hydrogen (secondary N) is 2. The third kappa shape index (κ3) is 6.04. The molecule has 0 heterocycles. The second kappa shape index (κ2) is 10.00. The number of amides is 1. The molecule has 34 heavy (non-hydrogen) atoms. The monoisotopic (exact) mass is 516 g/mol. The second-order valence-corrected chi connectivity index (χ2v) is 9.13. The zero-order valence-electron chi connectivity index (χ0n) is 17.4. The Hall–Kier alpha value is -3.15. The summed E-state index contributed by atoms with van der Waals surface area (Å²) in [7, 11) is -2.67. The Morgan fingerprint density at radius 2 is 1.71 bits per heavy atom. The number of sulfonamides is 1. The van der Waals surface area contributed by atoms with E-state index in [-0.39, 0.29) is 11.6 Å². The summed E-state index contributed by atoms with van der Waals surface area (Å²) in [6.07, 6.45) is -4.70. The number of alkyl halides is 3. The minimum atomic E-state index is -4.70. The molecule has 0 aliphatic heterocycles. The van der Waals surface area contributed by atoms with Crippen LogP contribution in [0.4, 0.5) is 23.2 Å². The molecule has 3 aromatic rings. The molecule has 0 aliphatic rings. The van der Waals surface area contributed by atoms with Crippen molar-refractivity contribution < 1.29 is 35.5 Å². The molecule has 0 unspecified atom stereocenters. The van der Waals surface area contributed by atoms with Gasteiger partial charge in [0.25, 0.3) is 5.91 Å². The van der Waals surface area contributed by atoms with Crippen LogP contribution in [0, 0.1) is 5.82 Å². The van der Waals surface area contributed by atoms with Gasteiger partial charge in [0.15, 0.2) is 0 Å². The average molecular weight is 517 g/mol. The molecule has 0 saturated carbocycles. The van der Waals surface area contributed by atoms with E-state index in [2.05, 4.69) is 10.0 Å². The van der Waals surface area contributed by atoms with Gasteiger partial charge in [-0.1, -0.05) is 23.7 Å². The summed E-state index contributed by atoms with van der Waals surface area (Å²) < 4.78 is 85.8. The van der Waals surface area contributed by atoms with E-state index in [1.807, 2.05) is 0 Å². The second-order valence-electron chi connectivity index (χ2n) is 6.96. The van der Waals surface area contributed by atoms with Crippen molar-refractivity contribution in [2.45, 2.75) is 17.6 Å². The average Bonchev–Trinajstić information content (AvgIpc) is 2.79. The zero-order valence-corrected chi connectivity index (χ0v) is 19.0. The Balaban J connectivity index is 1.81. The number of anilines is 1. The van der Waals surface area contributed by atoms with Crippen LogP contribution in [0.25, 0.3) is 0 Å². The Morgan fingerprint density at radius 1 is 1.03 bits per heavy atom. The minimum Gasteiger partial charge on any atom is -0.497 e. The van der Waals surface area contributed by atoms with E-state index in [0.717, 1.165) is 30.3 Å². The predicted molar refractivity (Wildman–Crippen MR) is 118 cm³/mol. The van der Waals surface area contributed by atoms with Crippen LogP contribution in [-0.2, 0) is 22.7 Å². The third-order valence-electron chi connectivity index (χ3n) is 4.66. The Morgan fingerprint density at radius 3 is 2.32 bits per heavy atom. The van der Waals surface area contributed by atoms with Gasteiger partial charge in [0.1, 0.15) is 11.6 Å². The first-order chi connectivity index (χ1) is 15.9. The molecular formula is C22H17ClF4N2O4S. The van der Waals surface area contributed by atoms with Crippen molar-refractivity contribution in [2.75, 3.05) is 12.4 Å². The first kappa shape index (κ1) is 25.5. The molecule has 0 bridgehead atoms. The molecule has 0 aromatic heterocycles. The SMILES string of the molecule is COc1ccc(CNS(=O)(=O)c2ccc(F)c(C(=O)Nc3cc(C(F)(F)F)ccc3Cl)c2)cc1. The molecule has 3 rings (SSSR count). The summed E-state index contributed by atoms with van der Waals surface area (Å²) in [5.41, 5.74) is -1.57. The molecule has 3 aromatic carbocycles. The van der Waals surface area contributed by atoms with Crippen molar-refractivity contribution in [3.05, 3.63) is 88.2 Å². The van der Waals surface area contributed by atoms with Crippen LogP contribution >= 0.6 is 11.6 Å². The van der Waals surface area contributed by atoms with E-state index in [1.165, 1.54) is 7.11 Å².